The zero-order valence-electron chi connectivity index (χ0n) is 12.4. The first kappa shape index (κ1) is 14.8. The molecule has 1 heterocycles. The summed E-state index contributed by atoms with van der Waals surface area (Å²) in [6.45, 7) is 1.60. The highest BCUT2D eigenvalue weighted by Gasteiger charge is 2.38. The van der Waals surface area contributed by atoms with Crippen molar-refractivity contribution in [2.45, 2.75) is 81.5 Å². The van der Waals surface area contributed by atoms with Gasteiger partial charge in [-0.25, -0.2) is 8.42 Å². The Balaban J connectivity index is 1.66. The fourth-order valence-corrected chi connectivity index (χ4v) is 5.95. The van der Waals surface area contributed by atoms with Gasteiger partial charge in [0, 0.05) is 25.2 Å². The lowest BCUT2D eigenvalue weighted by atomic mass is 10.0. The van der Waals surface area contributed by atoms with Crippen molar-refractivity contribution in [1.82, 2.24) is 9.62 Å². The van der Waals surface area contributed by atoms with Gasteiger partial charge in [-0.3, -0.25) is 0 Å². The summed E-state index contributed by atoms with van der Waals surface area (Å²) in [6, 6.07) is 0.868. The monoisotopic (exact) mass is 300 g/mol. The highest BCUT2D eigenvalue weighted by Crippen LogP contribution is 2.30. The van der Waals surface area contributed by atoms with Gasteiger partial charge in [0.25, 0.3) is 0 Å². The normalized spacial score (nSPS) is 30.5. The SMILES string of the molecule is O=S(=O)(C1CCCCC1)N1CCCCC1CNC1CC1. The Bertz CT molecular complexity index is 414. The van der Waals surface area contributed by atoms with Crippen molar-refractivity contribution in [3.05, 3.63) is 0 Å². The van der Waals surface area contributed by atoms with Crippen LogP contribution in [0.4, 0.5) is 0 Å². The molecule has 1 atom stereocenters. The summed E-state index contributed by atoms with van der Waals surface area (Å²) in [5.41, 5.74) is 0. The van der Waals surface area contributed by atoms with Gasteiger partial charge in [-0.2, -0.15) is 4.31 Å². The summed E-state index contributed by atoms with van der Waals surface area (Å²) in [5, 5.41) is 3.43. The molecular formula is C15H28N2O2S. The van der Waals surface area contributed by atoms with Crippen LogP contribution in [-0.4, -0.2) is 43.1 Å². The first-order valence-corrected chi connectivity index (χ1v) is 9.92. The third-order valence-corrected chi connectivity index (χ3v) is 7.54. The van der Waals surface area contributed by atoms with Gasteiger partial charge in [0.05, 0.1) is 5.25 Å². The summed E-state index contributed by atoms with van der Waals surface area (Å²) in [6.07, 6.45) is 10.9. The van der Waals surface area contributed by atoms with Crippen molar-refractivity contribution in [3.8, 4) is 0 Å². The first-order chi connectivity index (χ1) is 9.68. The summed E-state index contributed by atoms with van der Waals surface area (Å²) in [5.74, 6) is 0. The van der Waals surface area contributed by atoms with Crippen molar-refractivity contribution in [2.75, 3.05) is 13.1 Å². The van der Waals surface area contributed by atoms with E-state index in [1.165, 1.54) is 25.7 Å². The average molecular weight is 300 g/mol. The van der Waals surface area contributed by atoms with Crippen LogP contribution in [0, 0.1) is 0 Å². The van der Waals surface area contributed by atoms with Gasteiger partial charge in [-0.05, 0) is 38.5 Å². The topological polar surface area (TPSA) is 49.4 Å². The Morgan fingerprint density at radius 2 is 1.60 bits per heavy atom. The second-order valence-corrected chi connectivity index (χ2v) is 8.91. The smallest absolute Gasteiger partial charge is 0.217 e. The predicted molar refractivity (Wildman–Crippen MR) is 81.2 cm³/mol. The molecule has 3 fully saturated rings. The van der Waals surface area contributed by atoms with Crippen LogP contribution in [0.2, 0.25) is 0 Å². The van der Waals surface area contributed by atoms with Crippen LogP contribution in [0.3, 0.4) is 0 Å². The third-order valence-electron chi connectivity index (χ3n) is 5.09. The van der Waals surface area contributed by atoms with E-state index in [1.807, 2.05) is 4.31 Å². The molecule has 0 bridgehead atoms. The Hall–Kier alpha value is -0.130. The third kappa shape index (κ3) is 3.37. The van der Waals surface area contributed by atoms with Gasteiger partial charge < -0.3 is 5.32 Å². The molecule has 1 saturated heterocycles. The first-order valence-electron chi connectivity index (χ1n) is 8.42. The van der Waals surface area contributed by atoms with E-state index in [4.69, 9.17) is 0 Å². The molecule has 0 aromatic heterocycles. The Morgan fingerprint density at radius 1 is 0.900 bits per heavy atom. The van der Waals surface area contributed by atoms with E-state index in [2.05, 4.69) is 5.32 Å². The van der Waals surface area contributed by atoms with Crippen LogP contribution in [0.15, 0.2) is 0 Å². The number of hydrogen-bond donors (Lipinski definition) is 1. The van der Waals surface area contributed by atoms with Gasteiger partial charge >= 0.3 is 0 Å². The molecule has 0 amide bonds. The van der Waals surface area contributed by atoms with Crippen LogP contribution in [-0.2, 0) is 10.0 Å². The van der Waals surface area contributed by atoms with Crippen LogP contribution in [0.25, 0.3) is 0 Å². The van der Waals surface area contributed by atoms with E-state index in [0.29, 0.717) is 6.04 Å². The van der Waals surface area contributed by atoms with Gasteiger partial charge in [0.1, 0.15) is 0 Å². The maximum Gasteiger partial charge on any atom is 0.217 e. The van der Waals surface area contributed by atoms with Gasteiger partial charge in [0.2, 0.25) is 10.0 Å². The van der Waals surface area contributed by atoms with Crippen molar-refractivity contribution >= 4 is 10.0 Å². The fourth-order valence-electron chi connectivity index (χ4n) is 3.66. The Morgan fingerprint density at radius 3 is 2.30 bits per heavy atom. The average Bonchev–Trinajstić information content (AvgIpc) is 3.30. The Kier molecular flexibility index (Phi) is 4.68. The molecule has 0 aromatic carbocycles. The van der Waals surface area contributed by atoms with Crippen molar-refractivity contribution < 1.29 is 8.42 Å². The number of sulfonamides is 1. The van der Waals surface area contributed by atoms with E-state index in [9.17, 15) is 8.42 Å². The second-order valence-electron chi connectivity index (χ2n) is 6.75. The summed E-state index contributed by atoms with van der Waals surface area (Å²) >= 11 is 0. The minimum atomic E-state index is -3.07. The number of rotatable bonds is 5. The largest absolute Gasteiger partial charge is 0.312 e. The van der Waals surface area contributed by atoms with Gasteiger partial charge in [-0.15, -0.1) is 0 Å². The number of hydrogen-bond acceptors (Lipinski definition) is 3. The van der Waals surface area contributed by atoms with E-state index >= 15 is 0 Å². The molecule has 5 heteroatoms. The predicted octanol–water partition coefficient (Wildman–Crippen LogP) is 2.26. The lowest BCUT2D eigenvalue weighted by Crippen LogP contribution is -2.51. The zero-order valence-corrected chi connectivity index (χ0v) is 13.2. The van der Waals surface area contributed by atoms with Crippen molar-refractivity contribution in [1.29, 1.82) is 0 Å². The molecule has 2 aliphatic carbocycles. The van der Waals surface area contributed by atoms with Crippen molar-refractivity contribution in [2.24, 2.45) is 0 Å². The molecular weight excluding hydrogens is 272 g/mol. The minimum absolute atomic E-state index is 0.0993. The molecule has 3 rings (SSSR count). The number of piperidine rings is 1. The quantitative estimate of drug-likeness (QED) is 0.847. The summed E-state index contributed by atoms with van der Waals surface area (Å²) in [7, 11) is -3.07. The maximum absolute atomic E-state index is 12.9. The second kappa shape index (κ2) is 6.32. The van der Waals surface area contributed by atoms with E-state index in [1.54, 1.807) is 0 Å². The molecule has 3 aliphatic rings. The number of nitrogens with zero attached hydrogens (tertiary/aromatic N) is 1. The molecule has 116 valence electrons. The lowest BCUT2D eigenvalue weighted by molar-refractivity contribution is 0.240. The van der Waals surface area contributed by atoms with Crippen LogP contribution < -0.4 is 5.32 Å². The molecule has 20 heavy (non-hydrogen) atoms. The zero-order chi connectivity index (χ0) is 14.0. The van der Waals surface area contributed by atoms with E-state index in [0.717, 1.165) is 51.6 Å². The fraction of sp³-hybridized carbons (Fsp3) is 1.00. The molecule has 2 saturated carbocycles. The van der Waals surface area contributed by atoms with E-state index < -0.39 is 10.0 Å². The molecule has 0 spiro atoms. The minimum Gasteiger partial charge on any atom is -0.312 e. The van der Waals surface area contributed by atoms with Crippen LogP contribution in [0.5, 0.6) is 0 Å². The summed E-state index contributed by atoms with van der Waals surface area (Å²) < 4.78 is 27.7. The Labute approximate surface area is 123 Å². The molecule has 4 nitrogen and oxygen atoms in total. The van der Waals surface area contributed by atoms with Crippen LogP contribution in [0.1, 0.15) is 64.2 Å². The highest BCUT2D eigenvalue weighted by molar-refractivity contribution is 7.89. The lowest BCUT2D eigenvalue weighted by Gasteiger charge is -2.38. The van der Waals surface area contributed by atoms with Gasteiger partial charge in [-0.1, -0.05) is 25.7 Å². The summed E-state index contributed by atoms with van der Waals surface area (Å²) in [4.78, 5) is 0. The van der Waals surface area contributed by atoms with Crippen molar-refractivity contribution in [3.63, 3.8) is 0 Å². The number of nitrogens with one attached hydrogen (secondary N) is 1. The molecule has 1 aliphatic heterocycles. The standard InChI is InChI=1S/C15H28N2O2S/c18-20(19,15-7-2-1-3-8-15)17-11-5-4-6-14(17)12-16-13-9-10-13/h13-16H,1-12H2. The molecule has 1 unspecified atom stereocenters. The molecule has 0 aromatic rings. The highest BCUT2D eigenvalue weighted by atomic mass is 32.2. The maximum atomic E-state index is 12.9. The molecule has 0 radical (unpaired) electrons. The van der Waals surface area contributed by atoms with Gasteiger partial charge in [0.15, 0.2) is 0 Å². The molecule has 1 N–H and O–H groups in total. The van der Waals surface area contributed by atoms with E-state index in [-0.39, 0.29) is 11.3 Å². The van der Waals surface area contributed by atoms with Crippen LogP contribution >= 0.6 is 0 Å².